The third-order valence-electron chi connectivity index (χ3n) is 3.09. The van der Waals surface area contributed by atoms with Gasteiger partial charge in [0.1, 0.15) is 5.75 Å². The van der Waals surface area contributed by atoms with Crippen molar-refractivity contribution in [3.63, 3.8) is 0 Å². The van der Waals surface area contributed by atoms with Crippen molar-refractivity contribution in [1.82, 2.24) is 4.57 Å². The van der Waals surface area contributed by atoms with Crippen molar-refractivity contribution in [2.45, 2.75) is 26.8 Å². The molecule has 0 spiro atoms. The van der Waals surface area contributed by atoms with Gasteiger partial charge in [-0.15, -0.1) is 0 Å². The molecule has 0 aliphatic carbocycles. The summed E-state index contributed by atoms with van der Waals surface area (Å²) in [5.74, 6) is 0.817. The van der Waals surface area contributed by atoms with Crippen molar-refractivity contribution in [1.29, 1.82) is 0 Å². The molecule has 0 fully saturated rings. The van der Waals surface area contributed by atoms with Gasteiger partial charge < -0.3 is 10.5 Å². The third kappa shape index (κ3) is 2.94. The molecule has 2 aromatic rings. The van der Waals surface area contributed by atoms with Gasteiger partial charge in [-0.05, 0) is 38.9 Å². The van der Waals surface area contributed by atoms with E-state index < -0.39 is 0 Å². The molecule has 20 heavy (non-hydrogen) atoms. The smallest absolute Gasteiger partial charge is 0.307 e. The summed E-state index contributed by atoms with van der Waals surface area (Å²) in [5.41, 5.74) is 7.49. The Bertz CT molecular complexity index is 631. The Morgan fingerprint density at radius 3 is 2.80 bits per heavy atom. The van der Waals surface area contributed by atoms with Gasteiger partial charge >= 0.3 is 4.87 Å². The number of benzene rings is 1. The Balaban J connectivity index is 2.54. The van der Waals surface area contributed by atoms with Crippen LogP contribution in [0.1, 0.15) is 18.2 Å². The summed E-state index contributed by atoms with van der Waals surface area (Å²) in [4.78, 5) is 13.2. The topological polar surface area (TPSA) is 57.2 Å². The molecule has 1 heterocycles. The summed E-state index contributed by atoms with van der Waals surface area (Å²) in [6.45, 7) is 5.76. The number of thiazole rings is 1. The third-order valence-corrected chi connectivity index (χ3v) is 3.99. The Labute approximate surface area is 122 Å². The molecule has 4 nitrogen and oxygen atoms in total. The van der Waals surface area contributed by atoms with Crippen molar-refractivity contribution >= 4 is 11.3 Å². The van der Waals surface area contributed by atoms with Crippen LogP contribution in [0, 0.1) is 6.92 Å². The van der Waals surface area contributed by atoms with Crippen molar-refractivity contribution < 1.29 is 4.74 Å². The monoisotopic (exact) mass is 292 g/mol. The molecule has 0 unspecified atom stereocenters. The van der Waals surface area contributed by atoms with Crippen LogP contribution >= 0.6 is 11.3 Å². The first kappa shape index (κ1) is 14.8. The van der Waals surface area contributed by atoms with Gasteiger partial charge in [-0.2, -0.15) is 0 Å². The maximum Gasteiger partial charge on any atom is 0.307 e. The normalized spacial score (nSPS) is 10.8. The second-order valence-corrected chi connectivity index (χ2v) is 5.66. The molecule has 108 valence electrons. The number of hydrogen-bond donors (Lipinski definition) is 1. The highest BCUT2D eigenvalue weighted by Crippen LogP contribution is 2.33. The number of ether oxygens (including phenoxy) is 1. The van der Waals surface area contributed by atoms with E-state index in [0.29, 0.717) is 19.7 Å². The van der Waals surface area contributed by atoms with Gasteiger partial charge in [0.25, 0.3) is 0 Å². The number of hydrogen-bond acceptors (Lipinski definition) is 4. The number of nitrogens with zero attached hydrogens (tertiary/aromatic N) is 1. The highest BCUT2D eigenvalue weighted by Gasteiger charge is 2.16. The fraction of sp³-hybridized carbons (Fsp3) is 0.400. The second-order valence-electron chi connectivity index (χ2n) is 4.50. The Morgan fingerprint density at radius 2 is 2.10 bits per heavy atom. The van der Waals surface area contributed by atoms with Crippen molar-refractivity contribution in [3.05, 3.63) is 38.8 Å². The quantitative estimate of drug-likeness (QED) is 0.890. The Morgan fingerprint density at radius 1 is 1.35 bits per heavy atom. The molecule has 0 aliphatic heterocycles. The zero-order chi connectivity index (χ0) is 14.5. The van der Waals surface area contributed by atoms with E-state index in [1.807, 2.05) is 42.7 Å². The summed E-state index contributed by atoms with van der Waals surface area (Å²) in [6, 6.07) is 7.84. The van der Waals surface area contributed by atoms with Crippen LogP contribution in [0.15, 0.2) is 29.1 Å². The summed E-state index contributed by atoms with van der Waals surface area (Å²) >= 11 is 1.28. The van der Waals surface area contributed by atoms with E-state index in [1.54, 1.807) is 0 Å². The predicted octanol–water partition coefficient (Wildman–Crippen LogP) is 2.63. The zero-order valence-corrected chi connectivity index (χ0v) is 12.7. The zero-order valence-electron chi connectivity index (χ0n) is 11.9. The Kier molecular flexibility index (Phi) is 4.98. The highest BCUT2D eigenvalue weighted by atomic mass is 32.1. The van der Waals surface area contributed by atoms with Crippen LogP contribution in [0.4, 0.5) is 0 Å². The predicted molar refractivity (Wildman–Crippen MR) is 83.6 cm³/mol. The molecule has 0 aliphatic rings. The molecule has 0 saturated heterocycles. The lowest BCUT2D eigenvalue weighted by Gasteiger charge is -2.13. The number of para-hydroxylation sites is 1. The van der Waals surface area contributed by atoms with E-state index in [1.165, 1.54) is 11.3 Å². The number of aromatic nitrogens is 1. The first-order valence-corrected chi connectivity index (χ1v) is 7.63. The standard InChI is InChI=1S/C15H20N2O2S/c1-3-19-13-8-5-4-7-12(13)14-11(2)20-15(18)17(14)10-6-9-16/h4-5,7-8H,3,6,9-10,16H2,1-2H3. The van der Waals surface area contributed by atoms with Crippen LogP contribution in [0.3, 0.4) is 0 Å². The van der Waals surface area contributed by atoms with Crippen LogP contribution in [0.25, 0.3) is 11.3 Å². The minimum Gasteiger partial charge on any atom is -0.493 e. The van der Waals surface area contributed by atoms with Crippen molar-refractivity contribution in [3.8, 4) is 17.0 Å². The average molecular weight is 292 g/mol. The molecular formula is C15H20N2O2S. The van der Waals surface area contributed by atoms with Gasteiger partial charge in [0.05, 0.1) is 12.3 Å². The summed E-state index contributed by atoms with van der Waals surface area (Å²) < 4.78 is 7.49. The summed E-state index contributed by atoms with van der Waals surface area (Å²) in [7, 11) is 0. The van der Waals surface area contributed by atoms with Crippen molar-refractivity contribution in [2.75, 3.05) is 13.2 Å². The van der Waals surface area contributed by atoms with Gasteiger partial charge in [0, 0.05) is 17.0 Å². The largest absolute Gasteiger partial charge is 0.493 e. The van der Waals surface area contributed by atoms with E-state index in [2.05, 4.69) is 0 Å². The molecule has 5 heteroatoms. The molecule has 0 bridgehead atoms. The van der Waals surface area contributed by atoms with E-state index in [9.17, 15) is 4.79 Å². The number of aryl methyl sites for hydroxylation is 1. The summed E-state index contributed by atoms with van der Waals surface area (Å²) in [5, 5.41) is 0. The second kappa shape index (κ2) is 6.72. The molecule has 1 aromatic carbocycles. The number of rotatable bonds is 6. The molecule has 0 saturated carbocycles. The molecule has 2 N–H and O–H groups in total. The molecule has 1 aromatic heterocycles. The fourth-order valence-corrected chi connectivity index (χ4v) is 3.12. The van der Waals surface area contributed by atoms with Crippen LogP contribution in [0.5, 0.6) is 5.75 Å². The minimum atomic E-state index is 0.0669. The minimum absolute atomic E-state index is 0.0669. The van der Waals surface area contributed by atoms with Crippen LogP contribution in [-0.2, 0) is 6.54 Å². The summed E-state index contributed by atoms with van der Waals surface area (Å²) in [6.07, 6.45) is 0.792. The highest BCUT2D eigenvalue weighted by molar-refractivity contribution is 7.09. The maximum absolute atomic E-state index is 12.1. The van der Waals surface area contributed by atoms with Crippen LogP contribution in [0.2, 0.25) is 0 Å². The van der Waals surface area contributed by atoms with Gasteiger partial charge in [-0.25, -0.2) is 0 Å². The van der Waals surface area contributed by atoms with E-state index >= 15 is 0 Å². The van der Waals surface area contributed by atoms with Crippen molar-refractivity contribution in [2.24, 2.45) is 5.73 Å². The van der Waals surface area contributed by atoms with E-state index in [0.717, 1.165) is 28.3 Å². The Hall–Kier alpha value is -1.59. The van der Waals surface area contributed by atoms with E-state index in [4.69, 9.17) is 10.5 Å². The number of nitrogens with two attached hydrogens (primary N) is 1. The molecule has 2 rings (SSSR count). The van der Waals surface area contributed by atoms with Gasteiger partial charge in [-0.1, -0.05) is 23.5 Å². The lowest BCUT2D eigenvalue weighted by molar-refractivity contribution is 0.341. The lowest BCUT2D eigenvalue weighted by Crippen LogP contribution is -2.17. The van der Waals surface area contributed by atoms with Gasteiger partial charge in [0.2, 0.25) is 0 Å². The van der Waals surface area contributed by atoms with Gasteiger partial charge in [-0.3, -0.25) is 9.36 Å². The van der Waals surface area contributed by atoms with Crippen LogP contribution < -0.4 is 15.3 Å². The van der Waals surface area contributed by atoms with Crippen LogP contribution in [-0.4, -0.2) is 17.7 Å². The first-order valence-electron chi connectivity index (χ1n) is 6.81. The lowest BCUT2D eigenvalue weighted by atomic mass is 10.1. The molecule has 0 radical (unpaired) electrons. The average Bonchev–Trinajstić information content (AvgIpc) is 2.72. The fourth-order valence-electron chi connectivity index (χ4n) is 2.25. The molecule has 0 atom stereocenters. The molecular weight excluding hydrogens is 272 g/mol. The first-order chi connectivity index (χ1) is 9.69. The van der Waals surface area contributed by atoms with Gasteiger partial charge in [0.15, 0.2) is 0 Å². The molecule has 0 amide bonds. The van der Waals surface area contributed by atoms with E-state index in [-0.39, 0.29) is 4.87 Å². The maximum atomic E-state index is 12.1. The SMILES string of the molecule is CCOc1ccccc1-c1c(C)sc(=O)n1CCCN.